The van der Waals surface area contributed by atoms with Crippen LogP contribution >= 0.6 is 27.7 Å². The van der Waals surface area contributed by atoms with Gasteiger partial charge in [-0.2, -0.15) is 0 Å². The van der Waals surface area contributed by atoms with Gasteiger partial charge in [0.05, 0.1) is 0 Å². The number of halogens is 1. The molecular weight excluding hydrogens is 310 g/mol. The molecule has 2 rings (SSSR count). The van der Waals surface area contributed by atoms with Crippen LogP contribution in [0.1, 0.15) is 11.1 Å². The molecule has 0 fully saturated rings. The zero-order valence-electron chi connectivity index (χ0n) is 9.56. The number of rotatable bonds is 4. The van der Waals surface area contributed by atoms with E-state index in [0.29, 0.717) is 0 Å². The molecule has 0 saturated heterocycles. The molecule has 0 atom stereocenters. The Hall–Kier alpha value is -1.33. The zero-order valence-corrected chi connectivity index (χ0v) is 12.0. The van der Waals surface area contributed by atoms with Gasteiger partial charge in [-0.25, -0.2) is 4.98 Å². The van der Waals surface area contributed by atoms with Crippen LogP contribution in [-0.4, -0.2) is 10.8 Å². The number of nitrogens with one attached hydrogen (secondary N) is 1. The minimum absolute atomic E-state index is 0.0980. The third-order valence-corrected chi connectivity index (χ3v) is 4.32. The number of nitrogens with zero attached hydrogens (tertiary/aromatic N) is 1. The summed E-state index contributed by atoms with van der Waals surface area (Å²) in [4.78, 5) is 4.30. The average Bonchev–Trinajstić information content (AvgIpc) is 2.38. The van der Waals surface area contributed by atoms with Crippen molar-refractivity contribution in [2.75, 3.05) is 0 Å². The smallest absolute Gasteiger partial charge is 0.122 e. The maximum atomic E-state index is 7.41. The van der Waals surface area contributed by atoms with E-state index in [0.717, 1.165) is 26.4 Å². The Labute approximate surface area is 118 Å². The third-order valence-electron chi connectivity index (χ3n) is 2.34. The summed E-state index contributed by atoms with van der Waals surface area (Å²) in [5.74, 6) is 0.900. The molecule has 3 N–H and O–H groups in total. The SMILES string of the molecule is N=C(N)c1cccc(CSc2ncccc2Br)c1. The van der Waals surface area contributed by atoms with Crippen molar-refractivity contribution < 1.29 is 0 Å². The molecule has 92 valence electrons. The van der Waals surface area contributed by atoms with E-state index < -0.39 is 0 Å². The van der Waals surface area contributed by atoms with Gasteiger partial charge in [-0.1, -0.05) is 18.2 Å². The maximum absolute atomic E-state index is 7.41. The van der Waals surface area contributed by atoms with E-state index in [2.05, 4.69) is 20.9 Å². The number of nitrogen functional groups attached to an aromatic ring is 1. The standard InChI is InChI=1S/C13H12BrN3S/c14-11-5-2-6-17-13(11)18-8-9-3-1-4-10(7-9)12(15)16/h1-7H,8H2,(H3,15,16). The van der Waals surface area contributed by atoms with Gasteiger partial charge in [-0.05, 0) is 39.7 Å². The monoisotopic (exact) mass is 321 g/mol. The fraction of sp³-hybridized carbons (Fsp3) is 0.0769. The topological polar surface area (TPSA) is 62.8 Å². The second-order valence-electron chi connectivity index (χ2n) is 3.69. The second-order valence-corrected chi connectivity index (χ2v) is 5.51. The van der Waals surface area contributed by atoms with Crippen LogP contribution in [0.2, 0.25) is 0 Å². The summed E-state index contributed by atoms with van der Waals surface area (Å²) < 4.78 is 0.998. The minimum Gasteiger partial charge on any atom is -0.384 e. The predicted octanol–water partition coefficient (Wildman–Crippen LogP) is 3.42. The highest BCUT2D eigenvalue weighted by Gasteiger charge is 2.03. The number of hydrogen-bond acceptors (Lipinski definition) is 3. The highest BCUT2D eigenvalue weighted by Crippen LogP contribution is 2.27. The molecular formula is C13H12BrN3S. The van der Waals surface area contributed by atoms with Crippen molar-refractivity contribution in [3.8, 4) is 0 Å². The van der Waals surface area contributed by atoms with Gasteiger partial charge in [0.15, 0.2) is 0 Å². The minimum atomic E-state index is 0.0980. The Bertz CT molecular complexity index is 572. The first-order valence-corrected chi connectivity index (χ1v) is 7.11. The van der Waals surface area contributed by atoms with Crippen molar-refractivity contribution in [1.29, 1.82) is 5.41 Å². The van der Waals surface area contributed by atoms with E-state index in [-0.39, 0.29) is 5.84 Å². The summed E-state index contributed by atoms with van der Waals surface area (Å²) in [7, 11) is 0. The Morgan fingerprint density at radius 1 is 1.33 bits per heavy atom. The lowest BCUT2D eigenvalue weighted by Gasteiger charge is -2.05. The fourth-order valence-corrected chi connectivity index (χ4v) is 2.88. The van der Waals surface area contributed by atoms with E-state index >= 15 is 0 Å². The van der Waals surface area contributed by atoms with Gasteiger partial charge in [0, 0.05) is 22.0 Å². The van der Waals surface area contributed by atoms with E-state index in [1.54, 1.807) is 18.0 Å². The Kier molecular flexibility index (Phi) is 4.38. The number of amidine groups is 1. The first-order chi connectivity index (χ1) is 8.66. The van der Waals surface area contributed by atoms with Crippen molar-refractivity contribution >= 4 is 33.5 Å². The van der Waals surface area contributed by atoms with Gasteiger partial charge in [-0.15, -0.1) is 11.8 Å². The van der Waals surface area contributed by atoms with Crippen LogP contribution in [0.4, 0.5) is 0 Å². The van der Waals surface area contributed by atoms with E-state index in [1.165, 1.54) is 0 Å². The van der Waals surface area contributed by atoms with Crippen LogP contribution in [0.25, 0.3) is 0 Å². The van der Waals surface area contributed by atoms with Crippen molar-refractivity contribution in [3.63, 3.8) is 0 Å². The molecule has 0 saturated carbocycles. The van der Waals surface area contributed by atoms with Crippen LogP contribution < -0.4 is 5.73 Å². The molecule has 5 heteroatoms. The highest BCUT2D eigenvalue weighted by molar-refractivity contribution is 9.10. The van der Waals surface area contributed by atoms with Gasteiger partial charge in [-0.3, -0.25) is 5.41 Å². The number of benzene rings is 1. The van der Waals surface area contributed by atoms with Crippen LogP contribution in [0.15, 0.2) is 52.1 Å². The Balaban J connectivity index is 2.09. The summed E-state index contributed by atoms with van der Waals surface area (Å²) in [6.07, 6.45) is 1.78. The van der Waals surface area contributed by atoms with Crippen LogP contribution in [0.3, 0.4) is 0 Å². The summed E-state index contributed by atoms with van der Waals surface area (Å²) in [5, 5.41) is 8.38. The first-order valence-electron chi connectivity index (χ1n) is 5.33. The van der Waals surface area contributed by atoms with Crippen molar-refractivity contribution in [2.24, 2.45) is 5.73 Å². The van der Waals surface area contributed by atoms with E-state index in [9.17, 15) is 0 Å². The quantitative estimate of drug-likeness (QED) is 0.515. The molecule has 1 aromatic heterocycles. The normalized spacial score (nSPS) is 10.3. The van der Waals surface area contributed by atoms with Gasteiger partial charge in [0.1, 0.15) is 10.9 Å². The van der Waals surface area contributed by atoms with E-state index in [1.807, 2.05) is 36.4 Å². The van der Waals surface area contributed by atoms with Crippen LogP contribution in [0.5, 0.6) is 0 Å². The first kappa shape index (κ1) is 13.1. The van der Waals surface area contributed by atoms with Gasteiger partial charge >= 0.3 is 0 Å². The third kappa shape index (κ3) is 3.34. The maximum Gasteiger partial charge on any atom is 0.122 e. The summed E-state index contributed by atoms with van der Waals surface area (Å²) in [5.41, 5.74) is 7.36. The molecule has 0 unspecified atom stereocenters. The molecule has 3 nitrogen and oxygen atoms in total. The number of pyridine rings is 1. The van der Waals surface area contributed by atoms with Gasteiger partial charge < -0.3 is 5.73 Å². The zero-order chi connectivity index (χ0) is 13.0. The molecule has 0 spiro atoms. The Morgan fingerprint density at radius 2 is 2.17 bits per heavy atom. The molecule has 0 bridgehead atoms. The molecule has 0 aliphatic rings. The second kappa shape index (κ2) is 6.02. The molecule has 18 heavy (non-hydrogen) atoms. The van der Waals surface area contributed by atoms with Gasteiger partial charge in [0.25, 0.3) is 0 Å². The number of thioether (sulfide) groups is 1. The molecule has 1 aromatic carbocycles. The predicted molar refractivity (Wildman–Crippen MR) is 79.0 cm³/mol. The molecule has 2 aromatic rings. The summed E-state index contributed by atoms with van der Waals surface area (Å²) >= 11 is 5.12. The van der Waals surface area contributed by atoms with Crippen molar-refractivity contribution in [3.05, 3.63) is 58.2 Å². The molecule has 0 aliphatic heterocycles. The average molecular weight is 322 g/mol. The summed E-state index contributed by atoms with van der Waals surface area (Å²) in [6.45, 7) is 0. The van der Waals surface area contributed by atoms with Crippen molar-refractivity contribution in [1.82, 2.24) is 4.98 Å². The lowest BCUT2D eigenvalue weighted by atomic mass is 10.1. The van der Waals surface area contributed by atoms with Gasteiger partial charge in [0.2, 0.25) is 0 Å². The lowest BCUT2D eigenvalue weighted by Crippen LogP contribution is -2.10. The summed E-state index contributed by atoms with van der Waals surface area (Å²) in [6, 6.07) is 11.6. The molecule has 0 aliphatic carbocycles. The van der Waals surface area contributed by atoms with Crippen LogP contribution in [-0.2, 0) is 5.75 Å². The number of nitrogens with two attached hydrogens (primary N) is 1. The molecule has 0 amide bonds. The van der Waals surface area contributed by atoms with Crippen LogP contribution in [0, 0.1) is 5.41 Å². The molecule has 1 heterocycles. The van der Waals surface area contributed by atoms with E-state index in [4.69, 9.17) is 11.1 Å². The number of aromatic nitrogens is 1. The lowest BCUT2D eigenvalue weighted by molar-refractivity contribution is 1.11. The van der Waals surface area contributed by atoms with Crippen molar-refractivity contribution in [2.45, 2.75) is 10.8 Å². The fourth-order valence-electron chi connectivity index (χ4n) is 1.46. The molecule has 0 radical (unpaired) electrons. The number of hydrogen-bond donors (Lipinski definition) is 2. The largest absolute Gasteiger partial charge is 0.384 e. The highest BCUT2D eigenvalue weighted by atomic mass is 79.9. The Morgan fingerprint density at radius 3 is 2.89 bits per heavy atom.